The van der Waals surface area contributed by atoms with Crippen LogP contribution in [0.25, 0.3) is 22.0 Å². The highest BCUT2D eigenvalue weighted by molar-refractivity contribution is 6.45. The first-order chi connectivity index (χ1) is 14.0. The molecule has 1 saturated heterocycles. The average Bonchev–Trinajstić information content (AvgIpc) is 3.39. The summed E-state index contributed by atoms with van der Waals surface area (Å²) >= 11 is 12.7. The first-order valence-corrected chi connectivity index (χ1v) is 10.1. The third-order valence-corrected chi connectivity index (χ3v) is 5.90. The van der Waals surface area contributed by atoms with E-state index in [0.29, 0.717) is 22.2 Å². The molecule has 1 aromatic carbocycles. The second kappa shape index (κ2) is 8.57. The summed E-state index contributed by atoms with van der Waals surface area (Å²) in [6.07, 6.45) is 5.56. The van der Waals surface area contributed by atoms with Crippen LogP contribution in [0.1, 0.15) is 19.3 Å². The number of H-pyrrole nitrogens is 1. The van der Waals surface area contributed by atoms with Gasteiger partial charge in [0.05, 0.1) is 47.4 Å². The Bertz CT molecular complexity index is 1030. The van der Waals surface area contributed by atoms with E-state index in [2.05, 4.69) is 15.1 Å². The summed E-state index contributed by atoms with van der Waals surface area (Å²) in [4.78, 5) is 17.7. The van der Waals surface area contributed by atoms with Crippen LogP contribution < -0.4 is 4.90 Å². The van der Waals surface area contributed by atoms with E-state index >= 15 is 0 Å². The largest absolute Gasteiger partial charge is 0.481 e. The summed E-state index contributed by atoms with van der Waals surface area (Å²) in [5.74, 6) is -0.0667. The number of nitrogens with one attached hydrogen (secondary N) is 1. The first-order valence-electron chi connectivity index (χ1n) is 9.38. The van der Waals surface area contributed by atoms with Crippen LogP contribution in [0.3, 0.4) is 0 Å². The smallest absolute Gasteiger partial charge is 0.305 e. The standard InChI is InChI=1S/C20H20Cl2N4O3/c21-16-4-3-14-15(12-9-23-24-10-12)8-17(25-20(14)19(16)22)26-6-1-2-13(26)11-29-7-5-18(27)28/h3-4,8-10,13H,1-2,5-7,11H2,(H,23,24)(H,27,28)/t13-/m0/s1. The molecule has 3 aromatic rings. The van der Waals surface area contributed by atoms with E-state index in [1.807, 2.05) is 18.3 Å². The van der Waals surface area contributed by atoms with Gasteiger partial charge in [-0.05, 0) is 30.5 Å². The number of carboxylic acids is 1. The Morgan fingerprint density at radius 3 is 3.00 bits per heavy atom. The second-order valence-corrected chi connectivity index (χ2v) is 7.77. The highest BCUT2D eigenvalue weighted by Gasteiger charge is 2.27. The lowest BCUT2D eigenvalue weighted by Gasteiger charge is -2.26. The zero-order chi connectivity index (χ0) is 20.4. The number of hydrogen-bond donors (Lipinski definition) is 2. The number of ether oxygens (including phenoxy) is 1. The van der Waals surface area contributed by atoms with Crippen LogP contribution in [-0.2, 0) is 9.53 Å². The number of hydrogen-bond acceptors (Lipinski definition) is 5. The van der Waals surface area contributed by atoms with Gasteiger partial charge in [-0.1, -0.05) is 29.3 Å². The normalized spacial score (nSPS) is 16.6. The van der Waals surface area contributed by atoms with E-state index in [1.165, 1.54) is 0 Å². The minimum Gasteiger partial charge on any atom is -0.481 e. The van der Waals surface area contributed by atoms with Crippen molar-refractivity contribution >= 4 is 45.9 Å². The van der Waals surface area contributed by atoms with Crippen LogP contribution in [0.4, 0.5) is 5.82 Å². The molecule has 1 aliphatic rings. The SMILES string of the molecule is O=C(O)CCOC[C@@H]1CCCN1c1cc(-c2cn[nH]c2)c2ccc(Cl)c(Cl)c2n1. The summed E-state index contributed by atoms with van der Waals surface area (Å²) in [6.45, 7) is 1.50. The van der Waals surface area contributed by atoms with Crippen molar-refractivity contribution in [3.63, 3.8) is 0 Å². The minimum atomic E-state index is -0.860. The van der Waals surface area contributed by atoms with Gasteiger partial charge < -0.3 is 14.7 Å². The molecule has 4 rings (SSSR count). The molecule has 9 heteroatoms. The van der Waals surface area contributed by atoms with Crippen LogP contribution in [0.2, 0.25) is 10.0 Å². The molecule has 29 heavy (non-hydrogen) atoms. The minimum absolute atomic E-state index is 0.000308. The summed E-state index contributed by atoms with van der Waals surface area (Å²) in [7, 11) is 0. The van der Waals surface area contributed by atoms with Gasteiger partial charge in [-0.3, -0.25) is 9.89 Å². The molecule has 0 bridgehead atoms. The third kappa shape index (κ3) is 4.17. The lowest BCUT2D eigenvalue weighted by Crippen LogP contribution is -2.34. The number of fused-ring (bicyclic) bond motifs is 1. The summed E-state index contributed by atoms with van der Waals surface area (Å²) < 4.78 is 5.60. The third-order valence-electron chi connectivity index (χ3n) is 5.11. The van der Waals surface area contributed by atoms with Crippen LogP contribution in [-0.4, -0.2) is 52.1 Å². The van der Waals surface area contributed by atoms with Gasteiger partial charge in [-0.25, -0.2) is 4.98 Å². The van der Waals surface area contributed by atoms with Crippen molar-refractivity contribution in [1.82, 2.24) is 15.2 Å². The molecule has 0 spiro atoms. The van der Waals surface area contributed by atoms with E-state index in [1.54, 1.807) is 12.3 Å². The van der Waals surface area contributed by atoms with Gasteiger partial charge in [-0.2, -0.15) is 5.10 Å². The van der Waals surface area contributed by atoms with Crippen LogP contribution >= 0.6 is 23.2 Å². The summed E-state index contributed by atoms with van der Waals surface area (Å²) in [6, 6.07) is 5.85. The lowest BCUT2D eigenvalue weighted by atomic mass is 10.0. The molecule has 2 N–H and O–H groups in total. The number of rotatable bonds is 7. The number of halogens is 2. The molecule has 0 amide bonds. The zero-order valence-corrected chi connectivity index (χ0v) is 17.1. The zero-order valence-electron chi connectivity index (χ0n) is 15.6. The van der Waals surface area contributed by atoms with Gasteiger partial charge in [0.2, 0.25) is 0 Å². The molecule has 1 aliphatic heterocycles. The van der Waals surface area contributed by atoms with Gasteiger partial charge in [0.1, 0.15) is 5.82 Å². The van der Waals surface area contributed by atoms with Crippen molar-refractivity contribution in [1.29, 1.82) is 0 Å². The monoisotopic (exact) mass is 434 g/mol. The maximum absolute atomic E-state index is 10.7. The second-order valence-electron chi connectivity index (χ2n) is 6.98. The number of carbonyl (C=O) groups is 1. The fraction of sp³-hybridized carbons (Fsp3) is 0.350. The number of aliphatic carboxylic acids is 1. The Morgan fingerprint density at radius 2 is 2.24 bits per heavy atom. The molecule has 7 nitrogen and oxygen atoms in total. The Hall–Kier alpha value is -2.35. The molecule has 0 radical (unpaired) electrons. The molecule has 1 atom stereocenters. The molecular formula is C20H20Cl2N4O3. The number of carboxylic acid groups (broad SMARTS) is 1. The lowest BCUT2D eigenvalue weighted by molar-refractivity contribution is -0.138. The molecule has 3 heterocycles. The summed E-state index contributed by atoms with van der Waals surface area (Å²) in [5.41, 5.74) is 2.55. The number of aromatic amines is 1. The van der Waals surface area contributed by atoms with E-state index in [-0.39, 0.29) is 19.1 Å². The van der Waals surface area contributed by atoms with Crippen molar-refractivity contribution in [2.75, 3.05) is 24.7 Å². The highest BCUT2D eigenvalue weighted by Crippen LogP contribution is 2.38. The van der Waals surface area contributed by atoms with Crippen molar-refractivity contribution < 1.29 is 14.6 Å². The average molecular weight is 435 g/mol. The summed E-state index contributed by atoms with van der Waals surface area (Å²) in [5, 5.41) is 17.5. The van der Waals surface area contributed by atoms with E-state index < -0.39 is 5.97 Å². The Morgan fingerprint density at radius 1 is 1.38 bits per heavy atom. The van der Waals surface area contributed by atoms with E-state index in [0.717, 1.165) is 41.7 Å². The highest BCUT2D eigenvalue weighted by atomic mass is 35.5. The Kier molecular flexibility index (Phi) is 5.89. The molecule has 152 valence electrons. The van der Waals surface area contributed by atoms with Gasteiger partial charge >= 0.3 is 5.97 Å². The quantitative estimate of drug-likeness (QED) is 0.535. The van der Waals surface area contributed by atoms with Gasteiger partial charge in [0.15, 0.2) is 0 Å². The van der Waals surface area contributed by atoms with Crippen molar-refractivity contribution in [2.45, 2.75) is 25.3 Å². The molecule has 0 aliphatic carbocycles. The van der Waals surface area contributed by atoms with Crippen LogP contribution in [0.15, 0.2) is 30.6 Å². The van der Waals surface area contributed by atoms with Crippen LogP contribution in [0, 0.1) is 0 Å². The number of benzene rings is 1. The van der Waals surface area contributed by atoms with Gasteiger partial charge in [0, 0.05) is 23.7 Å². The predicted molar refractivity (Wildman–Crippen MR) is 113 cm³/mol. The van der Waals surface area contributed by atoms with Crippen molar-refractivity contribution in [3.8, 4) is 11.1 Å². The number of nitrogens with zero attached hydrogens (tertiary/aromatic N) is 3. The molecule has 1 fully saturated rings. The fourth-order valence-electron chi connectivity index (χ4n) is 3.69. The van der Waals surface area contributed by atoms with Gasteiger partial charge in [-0.15, -0.1) is 0 Å². The predicted octanol–water partition coefficient (Wildman–Crippen LogP) is 4.39. The molecule has 0 saturated carbocycles. The Balaban J connectivity index is 1.69. The number of pyridine rings is 1. The molecule has 0 unspecified atom stereocenters. The van der Waals surface area contributed by atoms with E-state index in [9.17, 15) is 4.79 Å². The molecule has 2 aromatic heterocycles. The Labute approximate surface area is 177 Å². The van der Waals surface area contributed by atoms with Crippen LogP contribution in [0.5, 0.6) is 0 Å². The number of anilines is 1. The maximum Gasteiger partial charge on any atom is 0.305 e. The van der Waals surface area contributed by atoms with Crippen molar-refractivity contribution in [2.24, 2.45) is 0 Å². The topological polar surface area (TPSA) is 91.3 Å². The number of aromatic nitrogens is 3. The van der Waals surface area contributed by atoms with E-state index in [4.69, 9.17) is 38.0 Å². The first kappa shape index (κ1) is 19.9. The van der Waals surface area contributed by atoms with Gasteiger partial charge in [0.25, 0.3) is 0 Å². The van der Waals surface area contributed by atoms with Crippen molar-refractivity contribution in [3.05, 3.63) is 40.6 Å². The fourth-order valence-corrected chi connectivity index (χ4v) is 4.05. The maximum atomic E-state index is 10.7. The molecular weight excluding hydrogens is 415 g/mol.